The van der Waals surface area contributed by atoms with E-state index in [1.54, 1.807) is 20.8 Å². The number of nitrogens with one attached hydrogen (secondary N) is 2. The molecule has 8 nitrogen and oxygen atoms in total. The van der Waals surface area contributed by atoms with Crippen LogP contribution < -0.4 is 10.6 Å². The van der Waals surface area contributed by atoms with Crippen molar-refractivity contribution in [1.29, 1.82) is 0 Å². The molecule has 0 aliphatic carbocycles. The fraction of sp³-hybridized carbons (Fsp3) is 0.333. The van der Waals surface area contributed by atoms with Gasteiger partial charge in [-0.2, -0.15) is 0 Å². The van der Waals surface area contributed by atoms with Crippen molar-refractivity contribution in [3.8, 4) is 0 Å². The van der Waals surface area contributed by atoms with E-state index in [9.17, 15) is 23.6 Å². The molecule has 2 N–H and O–H groups in total. The van der Waals surface area contributed by atoms with Gasteiger partial charge < -0.3 is 20.1 Å². The molecule has 2 rings (SSSR count). The van der Waals surface area contributed by atoms with E-state index in [4.69, 9.17) is 16.3 Å². The summed E-state index contributed by atoms with van der Waals surface area (Å²) < 4.78 is 24.0. The zero-order valence-corrected chi connectivity index (χ0v) is 20.0. The molecule has 2 amide bonds. The van der Waals surface area contributed by atoms with Gasteiger partial charge in [-0.05, 0) is 57.5 Å². The van der Waals surface area contributed by atoms with Crippen LogP contribution in [0.2, 0.25) is 5.02 Å². The molecule has 2 aromatic rings. The molecule has 1 atom stereocenters. The number of hydrogen-bond donors (Lipinski definition) is 2. The molecule has 34 heavy (non-hydrogen) atoms. The van der Waals surface area contributed by atoms with E-state index in [-0.39, 0.29) is 34.7 Å². The Morgan fingerprint density at radius 2 is 1.74 bits per heavy atom. The molecule has 10 heteroatoms. The Bertz CT molecular complexity index is 1080. The Morgan fingerprint density at radius 3 is 2.35 bits per heavy atom. The van der Waals surface area contributed by atoms with Crippen molar-refractivity contribution in [3.63, 3.8) is 0 Å². The lowest BCUT2D eigenvalue weighted by atomic mass is 10.0. The van der Waals surface area contributed by atoms with Crippen molar-refractivity contribution < 1.29 is 33.0 Å². The Labute approximate surface area is 201 Å². The number of hydrogen-bond acceptors (Lipinski definition) is 6. The Balaban J connectivity index is 2.31. The first-order valence-corrected chi connectivity index (χ1v) is 10.7. The molecule has 0 spiro atoms. The standard InChI is InChI=1S/C24H26ClFN2O6/c1-24(2,3)34-23(32)28-19(11-12-20(29)33-4)22(31)27-18-10-9-14(25)13-16(18)21(30)15-7-5-6-8-17(15)26/h5-10,13,19H,11-12H2,1-4H3,(H,27,31)(H,28,32)/t19-/m0/s1. The average molecular weight is 493 g/mol. The van der Waals surface area contributed by atoms with Crippen LogP contribution in [0.1, 0.15) is 49.5 Å². The second kappa shape index (κ2) is 11.6. The van der Waals surface area contributed by atoms with Crippen LogP contribution >= 0.6 is 11.6 Å². The van der Waals surface area contributed by atoms with E-state index < -0.39 is 41.2 Å². The number of carbonyl (C=O) groups excluding carboxylic acids is 4. The fourth-order valence-corrected chi connectivity index (χ4v) is 3.08. The molecule has 0 unspecified atom stereocenters. The first-order valence-electron chi connectivity index (χ1n) is 10.4. The molecule has 0 radical (unpaired) electrons. The van der Waals surface area contributed by atoms with E-state index >= 15 is 0 Å². The summed E-state index contributed by atoms with van der Waals surface area (Å²) in [4.78, 5) is 49.8. The van der Waals surface area contributed by atoms with Crippen molar-refractivity contribution in [2.24, 2.45) is 0 Å². The lowest BCUT2D eigenvalue weighted by Crippen LogP contribution is -2.46. The number of alkyl carbamates (subject to hydrolysis) is 1. The minimum Gasteiger partial charge on any atom is -0.469 e. The highest BCUT2D eigenvalue weighted by Gasteiger charge is 2.27. The molecule has 2 aromatic carbocycles. The molecule has 0 aromatic heterocycles. The highest BCUT2D eigenvalue weighted by Crippen LogP contribution is 2.25. The predicted octanol–water partition coefficient (Wildman–Crippen LogP) is 4.50. The summed E-state index contributed by atoms with van der Waals surface area (Å²) >= 11 is 6.03. The van der Waals surface area contributed by atoms with Crippen LogP contribution in [-0.4, -0.2) is 42.5 Å². The van der Waals surface area contributed by atoms with Crippen molar-refractivity contribution in [3.05, 3.63) is 64.4 Å². The number of carbonyl (C=O) groups is 4. The van der Waals surface area contributed by atoms with Gasteiger partial charge in [0.05, 0.1) is 18.4 Å². The van der Waals surface area contributed by atoms with E-state index in [1.807, 2.05) is 0 Å². The zero-order valence-electron chi connectivity index (χ0n) is 19.2. The summed E-state index contributed by atoms with van der Waals surface area (Å²) in [5.41, 5.74) is -1.01. The van der Waals surface area contributed by atoms with Gasteiger partial charge in [0.25, 0.3) is 0 Å². The fourth-order valence-electron chi connectivity index (χ4n) is 2.91. The Morgan fingerprint density at radius 1 is 1.06 bits per heavy atom. The summed E-state index contributed by atoms with van der Waals surface area (Å²) in [6.07, 6.45) is -1.12. The zero-order chi connectivity index (χ0) is 25.5. The number of rotatable bonds is 8. The third-order valence-corrected chi connectivity index (χ3v) is 4.71. The van der Waals surface area contributed by atoms with E-state index in [2.05, 4.69) is 15.4 Å². The van der Waals surface area contributed by atoms with Crippen LogP contribution in [0.3, 0.4) is 0 Å². The molecular formula is C24H26ClFN2O6. The molecule has 0 saturated heterocycles. The molecular weight excluding hydrogens is 467 g/mol. The van der Waals surface area contributed by atoms with Gasteiger partial charge >= 0.3 is 12.1 Å². The van der Waals surface area contributed by atoms with Crippen LogP contribution in [-0.2, 0) is 19.1 Å². The molecule has 0 fully saturated rings. The van der Waals surface area contributed by atoms with E-state index in [0.717, 1.165) is 6.07 Å². The second-order valence-corrected chi connectivity index (χ2v) is 8.74. The summed E-state index contributed by atoms with van der Waals surface area (Å²) in [6, 6.07) is 8.35. The highest BCUT2D eigenvalue weighted by molar-refractivity contribution is 6.31. The second-order valence-electron chi connectivity index (χ2n) is 8.30. The first-order chi connectivity index (χ1) is 15.9. The molecule has 182 valence electrons. The molecule has 0 aliphatic rings. The lowest BCUT2D eigenvalue weighted by Gasteiger charge is -2.23. The number of amides is 2. The number of halogens is 2. The van der Waals surface area contributed by atoms with Gasteiger partial charge in [0.1, 0.15) is 17.5 Å². The summed E-state index contributed by atoms with van der Waals surface area (Å²) in [5, 5.41) is 5.18. The quantitative estimate of drug-likeness (QED) is 0.415. The van der Waals surface area contributed by atoms with Crippen LogP contribution in [0.4, 0.5) is 14.9 Å². The number of anilines is 1. The van der Waals surface area contributed by atoms with E-state index in [1.165, 1.54) is 43.5 Å². The predicted molar refractivity (Wildman–Crippen MR) is 124 cm³/mol. The molecule has 0 aliphatic heterocycles. The topological polar surface area (TPSA) is 111 Å². The smallest absolute Gasteiger partial charge is 0.408 e. The monoisotopic (exact) mass is 492 g/mol. The Hall–Kier alpha value is -3.46. The van der Waals surface area contributed by atoms with Gasteiger partial charge in [0.15, 0.2) is 5.78 Å². The van der Waals surface area contributed by atoms with Gasteiger partial charge in [-0.25, -0.2) is 9.18 Å². The van der Waals surface area contributed by atoms with Gasteiger partial charge in [-0.1, -0.05) is 23.7 Å². The average Bonchev–Trinajstić information content (AvgIpc) is 2.76. The van der Waals surface area contributed by atoms with Crippen molar-refractivity contribution in [2.75, 3.05) is 12.4 Å². The third kappa shape index (κ3) is 7.84. The van der Waals surface area contributed by atoms with Crippen LogP contribution in [0.15, 0.2) is 42.5 Å². The SMILES string of the molecule is COC(=O)CC[C@H](NC(=O)OC(C)(C)C)C(=O)Nc1ccc(Cl)cc1C(=O)c1ccccc1F. The molecule has 0 heterocycles. The number of esters is 1. The maximum Gasteiger partial charge on any atom is 0.408 e. The maximum absolute atomic E-state index is 14.2. The van der Waals surface area contributed by atoms with Crippen molar-refractivity contribution in [1.82, 2.24) is 5.32 Å². The van der Waals surface area contributed by atoms with E-state index in [0.29, 0.717) is 0 Å². The largest absolute Gasteiger partial charge is 0.469 e. The number of methoxy groups -OCH3 is 1. The van der Waals surface area contributed by atoms with Gasteiger partial charge in [-0.15, -0.1) is 0 Å². The number of ketones is 1. The minimum atomic E-state index is -1.19. The van der Waals surface area contributed by atoms with Crippen molar-refractivity contribution in [2.45, 2.75) is 45.3 Å². The summed E-state index contributed by atoms with van der Waals surface area (Å²) in [7, 11) is 1.20. The Kier molecular flexibility index (Phi) is 9.14. The maximum atomic E-state index is 14.2. The van der Waals surface area contributed by atoms with Crippen LogP contribution in [0, 0.1) is 5.82 Å². The molecule has 0 bridgehead atoms. The normalized spacial score (nSPS) is 11.8. The number of ether oxygens (including phenoxy) is 2. The highest BCUT2D eigenvalue weighted by atomic mass is 35.5. The number of benzene rings is 2. The first kappa shape index (κ1) is 26.8. The van der Waals surface area contributed by atoms with Crippen LogP contribution in [0.25, 0.3) is 0 Å². The summed E-state index contributed by atoms with van der Waals surface area (Å²) in [5.74, 6) is -2.72. The molecule has 0 saturated carbocycles. The van der Waals surface area contributed by atoms with Gasteiger partial charge in [0, 0.05) is 17.0 Å². The van der Waals surface area contributed by atoms with Gasteiger partial charge in [0.2, 0.25) is 5.91 Å². The minimum absolute atomic E-state index is 0.0464. The van der Waals surface area contributed by atoms with Gasteiger partial charge in [-0.3, -0.25) is 14.4 Å². The third-order valence-electron chi connectivity index (χ3n) is 4.47. The summed E-state index contributed by atoms with van der Waals surface area (Å²) in [6.45, 7) is 4.97. The lowest BCUT2D eigenvalue weighted by molar-refractivity contribution is -0.140. The van der Waals surface area contributed by atoms with Crippen LogP contribution in [0.5, 0.6) is 0 Å². The van der Waals surface area contributed by atoms with Crippen molar-refractivity contribution >= 4 is 41.0 Å².